The Kier molecular flexibility index (Phi) is 3.52. The number of imidazole rings is 1. The minimum absolute atomic E-state index is 0.283. The van der Waals surface area contributed by atoms with Crippen LogP contribution in [0.4, 0.5) is 5.95 Å². The van der Waals surface area contributed by atoms with E-state index < -0.39 is 0 Å². The lowest BCUT2D eigenvalue weighted by Crippen LogP contribution is -2.37. The largest absolute Gasteiger partial charge is 0.340 e. The second-order valence-electron chi connectivity index (χ2n) is 6.70. The maximum absolute atomic E-state index is 12.5. The molecule has 2 aromatic heterocycles. The van der Waals surface area contributed by atoms with Gasteiger partial charge in [-0.05, 0) is 11.5 Å². The van der Waals surface area contributed by atoms with Gasteiger partial charge in [0, 0.05) is 33.7 Å². The predicted octanol–water partition coefficient (Wildman–Crippen LogP) is 1.06. The summed E-state index contributed by atoms with van der Waals surface area (Å²) in [5.74, 6) is 1.12. The van der Waals surface area contributed by atoms with E-state index in [9.17, 15) is 9.59 Å². The zero-order valence-corrected chi connectivity index (χ0v) is 14.6. The van der Waals surface area contributed by atoms with Crippen molar-refractivity contribution in [2.75, 3.05) is 18.0 Å². The summed E-state index contributed by atoms with van der Waals surface area (Å²) >= 11 is 0. The third kappa shape index (κ3) is 2.30. The first-order valence-corrected chi connectivity index (χ1v) is 8.45. The molecule has 0 N–H and O–H groups in total. The Bertz CT molecular complexity index is 1060. The molecule has 7 heteroatoms. The molecular weight excluding hydrogens is 318 g/mol. The molecule has 1 aromatic carbocycles. The molecule has 130 valence electrons. The highest BCUT2D eigenvalue weighted by atomic mass is 16.2. The highest BCUT2D eigenvalue weighted by Crippen LogP contribution is 2.27. The fourth-order valence-corrected chi connectivity index (χ4v) is 3.60. The number of anilines is 1. The van der Waals surface area contributed by atoms with Crippen molar-refractivity contribution in [3.63, 3.8) is 0 Å². The molecule has 0 spiro atoms. The summed E-state index contributed by atoms with van der Waals surface area (Å²) in [5, 5.41) is 0. The molecule has 1 unspecified atom stereocenters. The van der Waals surface area contributed by atoms with Crippen molar-refractivity contribution in [3.8, 4) is 0 Å². The van der Waals surface area contributed by atoms with Crippen LogP contribution in [0, 0.1) is 0 Å². The highest BCUT2D eigenvalue weighted by molar-refractivity contribution is 5.75. The lowest BCUT2D eigenvalue weighted by atomic mass is 10.0. The average Bonchev–Trinajstić information content (AvgIpc) is 3.19. The molecule has 3 aromatic rings. The quantitative estimate of drug-likeness (QED) is 0.716. The van der Waals surface area contributed by atoms with Crippen LogP contribution in [-0.2, 0) is 20.6 Å². The number of fused-ring (bicyclic) bond motifs is 3. The van der Waals surface area contributed by atoms with Crippen molar-refractivity contribution in [2.45, 2.75) is 19.4 Å². The second kappa shape index (κ2) is 5.61. The standard InChI is InChI=1S/C18H21N5O2/c1-12(13-7-5-4-6-8-13)11-22-9-10-23-14-15(19-17(22)23)20(2)18(25)21(3)16(14)24/h4-8,12H,9-11H2,1-3H3. The van der Waals surface area contributed by atoms with Crippen LogP contribution in [0.1, 0.15) is 18.4 Å². The SMILES string of the molecule is CC(CN1CCn2c1nc1c2c(=O)n(C)c(=O)n1C)c1ccccc1. The van der Waals surface area contributed by atoms with Crippen LogP contribution in [-0.4, -0.2) is 31.8 Å². The van der Waals surface area contributed by atoms with Crippen LogP contribution in [0.5, 0.6) is 0 Å². The lowest BCUT2D eigenvalue weighted by Gasteiger charge is -2.21. The van der Waals surface area contributed by atoms with Crippen molar-refractivity contribution in [1.82, 2.24) is 18.7 Å². The van der Waals surface area contributed by atoms with Gasteiger partial charge >= 0.3 is 5.69 Å². The molecule has 1 aliphatic rings. The molecule has 0 saturated carbocycles. The molecule has 4 rings (SSSR count). The van der Waals surface area contributed by atoms with E-state index in [4.69, 9.17) is 0 Å². The van der Waals surface area contributed by atoms with Crippen LogP contribution in [0.15, 0.2) is 39.9 Å². The Morgan fingerprint density at radius 2 is 1.80 bits per heavy atom. The highest BCUT2D eigenvalue weighted by Gasteiger charge is 2.28. The van der Waals surface area contributed by atoms with Crippen LogP contribution in [0.2, 0.25) is 0 Å². The van der Waals surface area contributed by atoms with Gasteiger partial charge in [0.25, 0.3) is 5.56 Å². The predicted molar refractivity (Wildman–Crippen MR) is 97.3 cm³/mol. The van der Waals surface area contributed by atoms with E-state index in [1.807, 2.05) is 22.8 Å². The smallest absolute Gasteiger partial charge is 0.332 e. The van der Waals surface area contributed by atoms with Gasteiger partial charge in [-0.25, -0.2) is 4.79 Å². The summed E-state index contributed by atoms with van der Waals surface area (Å²) in [6.45, 7) is 4.54. The molecule has 0 fully saturated rings. The zero-order valence-electron chi connectivity index (χ0n) is 14.6. The Morgan fingerprint density at radius 3 is 2.52 bits per heavy atom. The first kappa shape index (κ1) is 15.7. The number of aryl methyl sites for hydroxylation is 1. The van der Waals surface area contributed by atoms with Gasteiger partial charge in [-0.3, -0.25) is 13.9 Å². The summed E-state index contributed by atoms with van der Waals surface area (Å²) in [6, 6.07) is 10.4. The fraction of sp³-hybridized carbons (Fsp3) is 0.389. The first-order valence-electron chi connectivity index (χ1n) is 8.45. The summed E-state index contributed by atoms with van der Waals surface area (Å²) in [4.78, 5) is 31.5. The summed E-state index contributed by atoms with van der Waals surface area (Å²) in [5.41, 5.74) is 1.61. The number of benzene rings is 1. The lowest BCUT2D eigenvalue weighted by molar-refractivity contribution is 0.684. The molecular formula is C18H21N5O2. The van der Waals surface area contributed by atoms with Gasteiger partial charge in [0.05, 0.1) is 0 Å². The molecule has 0 radical (unpaired) electrons. The van der Waals surface area contributed by atoms with Crippen molar-refractivity contribution in [1.29, 1.82) is 0 Å². The van der Waals surface area contributed by atoms with Crippen molar-refractivity contribution >= 4 is 17.1 Å². The molecule has 0 amide bonds. The van der Waals surface area contributed by atoms with Gasteiger partial charge in [-0.2, -0.15) is 4.98 Å². The van der Waals surface area contributed by atoms with E-state index in [2.05, 4.69) is 28.9 Å². The third-order valence-electron chi connectivity index (χ3n) is 5.07. The van der Waals surface area contributed by atoms with Crippen LogP contribution in [0.25, 0.3) is 11.2 Å². The molecule has 25 heavy (non-hydrogen) atoms. The van der Waals surface area contributed by atoms with Crippen molar-refractivity contribution in [3.05, 3.63) is 56.7 Å². The van der Waals surface area contributed by atoms with E-state index in [1.54, 1.807) is 7.05 Å². The van der Waals surface area contributed by atoms with E-state index in [0.29, 0.717) is 23.6 Å². The summed E-state index contributed by atoms with van der Waals surface area (Å²) < 4.78 is 4.53. The summed E-state index contributed by atoms with van der Waals surface area (Å²) in [6.07, 6.45) is 0. The molecule has 7 nitrogen and oxygen atoms in total. The third-order valence-corrected chi connectivity index (χ3v) is 5.07. The van der Waals surface area contributed by atoms with Gasteiger partial charge in [-0.1, -0.05) is 37.3 Å². The first-order chi connectivity index (χ1) is 12.0. The monoisotopic (exact) mass is 339 g/mol. The Morgan fingerprint density at radius 1 is 1.08 bits per heavy atom. The number of rotatable bonds is 3. The topological polar surface area (TPSA) is 65.1 Å². The Balaban J connectivity index is 1.76. The van der Waals surface area contributed by atoms with Crippen molar-refractivity contribution in [2.24, 2.45) is 14.1 Å². The van der Waals surface area contributed by atoms with E-state index in [0.717, 1.165) is 23.6 Å². The van der Waals surface area contributed by atoms with Crippen LogP contribution >= 0.6 is 0 Å². The zero-order chi connectivity index (χ0) is 17.7. The van der Waals surface area contributed by atoms with Gasteiger partial charge in [0.15, 0.2) is 11.2 Å². The molecule has 0 bridgehead atoms. The maximum atomic E-state index is 12.5. The van der Waals surface area contributed by atoms with E-state index in [-0.39, 0.29) is 11.2 Å². The molecule has 1 aliphatic heterocycles. The number of hydrogen-bond donors (Lipinski definition) is 0. The van der Waals surface area contributed by atoms with Crippen molar-refractivity contribution < 1.29 is 0 Å². The van der Waals surface area contributed by atoms with Gasteiger partial charge in [0.2, 0.25) is 5.95 Å². The maximum Gasteiger partial charge on any atom is 0.332 e. The van der Waals surface area contributed by atoms with Crippen LogP contribution < -0.4 is 16.1 Å². The van der Waals surface area contributed by atoms with E-state index >= 15 is 0 Å². The normalized spacial score (nSPS) is 14.9. The second-order valence-corrected chi connectivity index (χ2v) is 6.70. The van der Waals surface area contributed by atoms with Crippen LogP contribution in [0.3, 0.4) is 0 Å². The van der Waals surface area contributed by atoms with Gasteiger partial charge in [0.1, 0.15) is 0 Å². The number of nitrogens with zero attached hydrogens (tertiary/aromatic N) is 5. The average molecular weight is 339 g/mol. The molecule has 0 saturated heterocycles. The Hall–Kier alpha value is -2.83. The minimum Gasteiger partial charge on any atom is -0.340 e. The molecule has 1 atom stereocenters. The number of aromatic nitrogens is 4. The number of hydrogen-bond acceptors (Lipinski definition) is 4. The van der Waals surface area contributed by atoms with Gasteiger partial charge < -0.3 is 9.47 Å². The minimum atomic E-state index is -0.349. The Labute approximate surface area is 144 Å². The van der Waals surface area contributed by atoms with E-state index in [1.165, 1.54) is 17.2 Å². The molecule has 3 heterocycles. The fourth-order valence-electron chi connectivity index (χ4n) is 3.60. The van der Waals surface area contributed by atoms with Gasteiger partial charge in [-0.15, -0.1) is 0 Å². The summed E-state index contributed by atoms with van der Waals surface area (Å²) in [7, 11) is 3.16. The molecule has 0 aliphatic carbocycles.